The molecular weight excluding hydrogens is 272 g/mol. The molecule has 2 aromatic carbocycles. The zero-order valence-electron chi connectivity index (χ0n) is 10.7. The van der Waals surface area contributed by atoms with E-state index in [0.29, 0.717) is 5.11 Å². The first-order chi connectivity index (χ1) is 9.63. The molecule has 102 valence electrons. The van der Waals surface area contributed by atoms with Crippen LogP contribution in [0.25, 0.3) is 0 Å². The zero-order chi connectivity index (χ0) is 14.4. The Balaban J connectivity index is 1.93. The largest absolute Gasteiger partial charge is 0.481 e. The van der Waals surface area contributed by atoms with E-state index in [2.05, 4.69) is 10.6 Å². The van der Waals surface area contributed by atoms with Crippen molar-refractivity contribution < 1.29 is 9.90 Å². The second-order valence-corrected chi connectivity index (χ2v) is 4.62. The second-order valence-electron chi connectivity index (χ2n) is 4.21. The Morgan fingerprint density at radius 3 is 2.05 bits per heavy atom. The summed E-state index contributed by atoms with van der Waals surface area (Å²) in [7, 11) is 0. The summed E-state index contributed by atoms with van der Waals surface area (Å²) in [6.45, 7) is 0. The zero-order valence-corrected chi connectivity index (χ0v) is 11.5. The van der Waals surface area contributed by atoms with E-state index >= 15 is 0 Å². The van der Waals surface area contributed by atoms with Crippen LogP contribution in [0.3, 0.4) is 0 Å². The Bertz CT molecular complexity index is 597. The van der Waals surface area contributed by atoms with Gasteiger partial charge in [-0.15, -0.1) is 0 Å². The van der Waals surface area contributed by atoms with Crippen LogP contribution < -0.4 is 10.6 Å². The third-order valence-electron chi connectivity index (χ3n) is 2.60. The number of carboxylic acids is 1. The number of rotatable bonds is 4. The number of nitrogens with one attached hydrogen (secondary N) is 2. The molecule has 20 heavy (non-hydrogen) atoms. The molecule has 0 saturated carbocycles. The fraction of sp³-hybridized carbons (Fsp3) is 0.0667. The van der Waals surface area contributed by atoms with Crippen molar-refractivity contribution in [2.45, 2.75) is 6.42 Å². The van der Waals surface area contributed by atoms with E-state index in [0.717, 1.165) is 16.9 Å². The van der Waals surface area contributed by atoms with E-state index in [1.165, 1.54) is 0 Å². The summed E-state index contributed by atoms with van der Waals surface area (Å²) >= 11 is 5.20. The second kappa shape index (κ2) is 6.68. The molecule has 0 aliphatic carbocycles. The third kappa shape index (κ3) is 4.37. The summed E-state index contributed by atoms with van der Waals surface area (Å²) in [6, 6.07) is 16.8. The normalized spacial score (nSPS) is 9.80. The summed E-state index contributed by atoms with van der Waals surface area (Å²) in [6.07, 6.45) is 0.0208. The molecule has 0 bridgehead atoms. The van der Waals surface area contributed by atoms with Crippen molar-refractivity contribution in [3.05, 3.63) is 60.2 Å². The summed E-state index contributed by atoms with van der Waals surface area (Å²) in [4.78, 5) is 10.6. The number of thiocarbonyl (C=S) groups is 1. The number of benzene rings is 2. The average molecular weight is 286 g/mol. The van der Waals surface area contributed by atoms with E-state index in [4.69, 9.17) is 17.3 Å². The number of carboxylic acid groups (broad SMARTS) is 1. The first-order valence-corrected chi connectivity index (χ1v) is 6.48. The average Bonchev–Trinajstić information content (AvgIpc) is 2.41. The highest BCUT2D eigenvalue weighted by Gasteiger charge is 2.01. The third-order valence-corrected chi connectivity index (χ3v) is 2.80. The summed E-state index contributed by atoms with van der Waals surface area (Å²) < 4.78 is 0. The minimum atomic E-state index is -0.841. The molecule has 0 aliphatic rings. The van der Waals surface area contributed by atoms with E-state index < -0.39 is 5.97 Å². The smallest absolute Gasteiger partial charge is 0.307 e. The Labute approximate surface area is 122 Å². The van der Waals surface area contributed by atoms with Gasteiger partial charge < -0.3 is 15.7 Å². The molecule has 0 aliphatic heterocycles. The highest BCUT2D eigenvalue weighted by Crippen LogP contribution is 2.11. The lowest BCUT2D eigenvalue weighted by molar-refractivity contribution is -0.136. The Morgan fingerprint density at radius 2 is 1.50 bits per heavy atom. The molecule has 0 spiro atoms. The molecule has 0 unspecified atom stereocenters. The van der Waals surface area contributed by atoms with Gasteiger partial charge in [-0.25, -0.2) is 0 Å². The molecule has 0 atom stereocenters. The maximum atomic E-state index is 10.6. The quantitative estimate of drug-likeness (QED) is 0.754. The lowest BCUT2D eigenvalue weighted by Gasteiger charge is -2.10. The van der Waals surface area contributed by atoms with Gasteiger partial charge in [-0.3, -0.25) is 4.79 Å². The topological polar surface area (TPSA) is 61.4 Å². The summed E-state index contributed by atoms with van der Waals surface area (Å²) in [5.41, 5.74) is 2.48. The van der Waals surface area contributed by atoms with Gasteiger partial charge in [0.1, 0.15) is 0 Å². The molecule has 0 amide bonds. The minimum absolute atomic E-state index is 0.0208. The van der Waals surface area contributed by atoms with Gasteiger partial charge in [-0.05, 0) is 42.0 Å². The van der Waals surface area contributed by atoms with Crippen molar-refractivity contribution in [1.29, 1.82) is 0 Å². The fourth-order valence-corrected chi connectivity index (χ4v) is 1.93. The van der Waals surface area contributed by atoms with Crippen molar-refractivity contribution in [3.8, 4) is 0 Å². The van der Waals surface area contributed by atoms with Crippen LogP contribution in [0, 0.1) is 0 Å². The number of anilines is 2. The highest BCUT2D eigenvalue weighted by molar-refractivity contribution is 7.80. The fourth-order valence-electron chi connectivity index (χ4n) is 1.70. The van der Waals surface area contributed by atoms with Crippen molar-refractivity contribution in [2.24, 2.45) is 0 Å². The first kappa shape index (κ1) is 14.0. The molecule has 3 N–H and O–H groups in total. The van der Waals surface area contributed by atoms with Gasteiger partial charge in [0.2, 0.25) is 0 Å². The van der Waals surface area contributed by atoms with Crippen molar-refractivity contribution in [2.75, 3.05) is 10.6 Å². The Kier molecular flexibility index (Phi) is 4.68. The predicted octanol–water partition coefficient (Wildman–Crippen LogP) is 3.12. The number of hydrogen-bond acceptors (Lipinski definition) is 2. The SMILES string of the molecule is O=C(O)Cc1ccc(NC(=S)Nc2ccccc2)cc1. The van der Waals surface area contributed by atoms with E-state index in [1.807, 2.05) is 30.3 Å². The number of carbonyl (C=O) groups is 1. The molecule has 4 nitrogen and oxygen atoms in total. The summed E-state index contributed by atoms with van der Waals surface area (Å²) in [5.74, 6) is -0.841. The van der Waals surface area contributed by atoms with Crippen LogP contribution in [-0.4, -0.2) is 16.2 Å². The standard InChI is InChI=1S/C15H14N2O2S/c18-14(19)10-11-6-8-13(9-7-11)17-15(20)16-12-4-2-1-3-5-12/h1-9H,10H2,(H,18,19)(H2,16,17,20). The molecule has 2 aromatic rings. The molecule has 0 radical (unpaired) electrons. The van der Waals surface area contributed by atoms with Crippen molar-refractivity contribution in [3.63, 3.8) is 0 Å². The number of para-hydroxylation sites is 1. The lowest BCUT2D eigenvalue weighted by Crippen LogP contribution is -2.18. The minimum Gasteiger partial charge on any atom is -0.481 e. The van der Waals surface area contributed by atoms with E-state index in [-0.39, 0.29) is 6.42 Å². The molecule has 0 heterocycles. The van der Waals surface area contributed by atoms with Crippen molar-refractivity contribution >= 4 is 34.7 Å². The van der Waals surface area contributed by atoms with E-state index in [9.17, 15) is 4.79 Å². The number of hydrogen-bond donors (Lipinski definition) is 3. The molecule has 0 fully saturated rings. The van der Waals surface area contributed by atoms with Crippen LogP contribution >= 0.6 is 12.2 Å². The molecule has 0 aromatic heterocycles. The molecule has 5 heteroatoms. The van der Waals surface area contributed by atoms with E-state index in [1.54, 1.807) is 24.3 Å². The lowest BCUT2D eigenvalue weighted by atomic mass is 10.1. The van der Waals surface area contributed by atoms with Gasteiger partial charge in [0, 0.05) is 11.4 Å². The Hall–Kier alpha value is -2.40. The van der Waals surface area contributed by atoms with Gasteiger partial charge >= 0.3 is 5.97 Å². The Morgan fingerprint density at radius 1 is 0.950 bits per heavy atom. The number of aliphatic carboxylic acids is 1. The van der Waals surface area contributed by atoms with Gasteiger partial charge in [-0.2, -0.15) is 0 Å². The monoisotopic (exact) mass is 286 g/mol. The van der Waals surface area contributed by atoms with Crippen LogP contribution in [-0.2, 0) is 11.2 Å². The van der Waals surface area contributed by atoms with Crippen LogP contribution in [0.5, 0.6) is 0 Å². The van der Waals surface area contributed by atoms with Crippen LogP contribution in [0.2, 0.25) is 0 Å². The van der Waals surface area contributed by atoms with Gasteiger partial charge in [-0.1, -0.05) is 30.3 Å². The van der Waals surface area contributed by atoms with Gasteiger partial charge in [0.15, 0.2) is 5.11 Å². The van der Waals surface area contributed by atoms with Crippen molar-refractivity contribution in [1.82, 2.24) is 0 Å². The summed E-state index contributed by atoms with van der Waals surface area (Å²) in [5, 5.41) is 15.3. The van der Waals surface area contributed by atoms with Crippen LogP contribution in [0.15, 0.2) is 54.6 Å². The van der Waals surface area contributed by atoms with Crippen LogP contribution in [0.4, 0.5) is 11.4 Å². The maximum Gasteiger partial charge on any atom is 0.307 e. The van der Waals surface area contributed by atoms with Crippen LogP contribution in [0.1, 0.15) is 5.56 Å². The predicted molar refractivity (Wildman–Crippen MR) is 84.1 cm³/mol. The maximum absolute atomic E-state index is 10.6. The molecule has 0 saturated heterocycles. The molecule has 2 rings (SSSR count). The molecular formula is C15H14N2O2S. The first-order valence-electron chi connectivity index (χ1n) is 6.07. The highest BCUT2D eigenvalue weighted by atomic mass is 32.1. The van der Waals surface area contributed by atoms with Gasteiger partial charge in [0.25, 0.3) is 0 Å². The van der Waals surface area contributed by atoms with Gasteiger partial charge in [0.05, 0.1) is 6.42 Å².